The second-order valence-electron chi connectivity index (χ2n) is 9.56. The molecule has 0 atom stereocenters. The van der Waals surface area contributed by atoms with Gasteiger partial charge in [-0.2, -0.15) is 0 Å². The van der Waals surface area contributed by atoms with Crippen molar-refractivity contribution in [3.8, 4) is 17.0 Å². The molecule has 198 valence electrons. The molecule has 1 aliphatic heterocycles. The van der Waals surface area contributed by atoms with Crippen LogP contribution < -0.4 is 9.64 Å². The van der Waals surface area contributed by atoms with Gasteiger partial charge in [-0.15, -0.1) is 0 Å². The number of benzene rings is 3. The largest absolute Gasteiger partial charge is 0.508 e. The summed E-state index contributed by atoms with van der Waals surface area (Å²) in [5, 5.41) is 0. The predicted molar refractivity (Wildman–Crippen MR) is 149 cm³/mol. The average molecular weight is 533 g/mol. The molecule has 0 radical (unpaired) electrons. The number of anilines is 1. The Bertz CT molecular complexity index is 1750. The predicted octanol–water partition coefficient (Wildman–Crippen LogP) is 5.63. The Labute approximate surface area is 230 Å². The summed E-state index contributed by atoms with van der Waals surface area (Å²) < 4.78 is 24.3. The molecule has 3 heterocycles. The number of methoxy groups -OCH3 is 1. The Hall–Kier alpha value is -5.23. The SMILES string of the molecule is [C-]#[N+]c1ccc(Cn2cncc2CC(=O)N2Cc3nc(-c4ccccc4)cn3Cc3c(F)cccc32)cc1OC. The zero-order valence-electron chi connectivity index (χ0n) is 21.8. The van der Waals surface area contributed by atoms with Crippen LogP contribution in [0.25, 0.3) is 16.1 Å². The van der Waals surface area contributed by atoms with E-state index in [0.29, 0.717) is 40.8 Å². The second-order valence-corrected chi connectivity index (χ2v) is 9.56. The molecule has 40 heavy (non-hydrogen) atoms. The standard InChI is InChI=1S/C31H25FN6O2/c1-33-26-12-11-21(13-29(26)40-2)16-37-20-34-15-23(37)14-31(39)38-19-30-35-27(22-7-4-3-5-8-22)18-36(30)17-24-25(32)9-6-10-28(24)38/h3-13,15,18,20H,14,16-17,19H2,2H3. The molecule has 0 unspecified atom stereocenters. The number of halogens is 1. The van der Waals surface area contributed by atoms with Crippen molar-refractivity contribution < 1.29 is 13.9 Å². The number of nitrogens with zero attached hydrogens (tertiary/aromatic N) is 6. The minimum Gasteiger partial charge on any atom is -0.508 e. The quantitative estimate of drug-likeness (QED) is 0.266. The Balaban J connectivity index is 1.30. The molecule has 6 rings (SSSR count). The molecule has 0 bridgehead atoms. The van der Waals surface area contributed by atoms with Crippen LogP contribution in [0.5, 0.6) is 5.75 Å². The third-order valence-electron chi connectivity index (χ3n) is 7.09. The van der Waals surface area contributed by atoms with E-state index in [4.69, 9.17) is 16.3 Å². The Morgan fingerprint density at radius 2 is 1.95 bits per heavy atom. The van der Waals surface area contributed by atoms with Gasteiger partial charge >= 0.3 is 0 Å². The van der Waals surface area contributed by atoms with Crippen LogP contribution in [0.2, 0.25) is 0 Å². The summed E-state index contributed by atoms with van der Waals surface area (Å²) in [7, 11) is 1.53. The maximum atomic E-state index is 15.1. The van der Waals surface area contributed by atoms with Crippen molar-refractivity contribution in [2.75, 3.05) is 12.0 Å². The van der Waals surface area contributed by atoms with E-state index in [-0.39, 0.29) is 31.2 Å². The van der Waals surface area contributed by atoms with Crippen LogP contribution in [-0.4, -0.2) is 32.1 Å². The smallest absolute Gasteiger partial charge is 0.233 e. The molecule has 0 fully saturated rings. The van der Waals surface area contributed by atoms with Gasteiger partial charge in [0.15, 0.2) is 0 Å². The summed E-state index contributed by atoms with van der Waals surface area (Å²) in [6.45, 7) is 8.24. The number of amides is 1. The van der Waals surface area contributed by atoms with Crippen molar-refractivity contribution in [1.82, 2.24) is 19.1 Å². The highest BCUT2D eigenvalue weighted by Gasteiger charge is 2.28. The number of ether oxygens (including phenoxy) is 1. The van der Waals surface area contributed by atoms with Gasteiger partial charge in [-0.1, -0.05) is 48.5 Å². The average Bonchev–Trinajstić information content (AvgIpc) is 3.55. The van der Waals surface area contributed by atoms with Crippen molar-refractivity contribution >= 4 is 17.3 Å². The summed E-state index contributed by atoms with van der Waals surface area (Å²) in [6, 6.07) is 20.0. The van der Waals surface area contributed by atoms with Crippen LogP contribution in [-0.2, 0) is 30.8 Å². The number of carbonyl (C=O) groups is 1. The van der Waals surface area contributed by atoms with Crippen LogP contribution >= 0.6 is 0 Å². The lowest BCUT2D eigenvalue weighted by Gasteiger charge is -2.23. The normalized spacial score (nSPS) is 12.3. The van der Waals surface area contributed by atoms with Crippen LogP contribution in [0.4, 0.5) is 15.8 Å². The zero-order valence-corrected chi connectivity index (χ0v) is 21.8. The lowest BCUT2D eigenvalue weighted by Crippen LogP contribution is -2.33. The highest BCUT2D eigenvalue weighted by Crippen LogP contribution is 2.32. The lowest BCUT2D eigenvalue weighted by atomic mass is 10.1. The fourth-order valence-corrected chi connectivity index (χ4v) is 5.04. The number of hydrogen-bond donors (Lipinski definition) is 0. The van der Waals surface area contributed by atoms with E-state index in [1.807, 2.05) is 57.8 Å². The molecule has 5 aromatic rings. The van der Waals surface area contributed by atoms with Crippen molar-refractivity contribution in [3.05, 3.63) is 125 Å². The van der Waals surface area contributed by atoms with Crippen molar-refractivity contribution in [3.63, 3.8) is 0 Å². The van der Waals surface area contributed by atoms with Crippen molar-refractivity contribution in [2.24, 2.45) is 0 Å². The molecule has 0 N–H and O–H groups in total. The van der Waals surface area contributed by atoms with Gasteiger partial charge in [0.1, 0.15) is 17.4 Å². The third kappa shape index (κ3) is 4.71. The molecule has 8 nitrogen and oxygen atoms in total. The molecular formula is C31H25FN6O2. The topological polar surface area (TPSA) is 69.5 Å². The Morgan fingerprint density at radius 1 is 1.10 bits per heavy atom. The molecule has 0 saturated carbocycles. The number of carbonyl (C=O) groups excluding carboxylic acids is 1. The zero-order chi connectivity index (χ0) is 27.6. The van der Waals surface area contributed by atoms with Gasteiger partial charge in [-0.3, -0.25) is 4.79 Å². The van der Waals surface area contributed by atoms with Gasteiger partial charge in [0.25, 0.3) is 0 Å². The second kappa shape index (κ2) is 10.5. The highest BCUT2D eigenvalue weighted by atomic mass is 19.1. The van der Waals surface area contributed by atoms with E-state index in [2.05, 4.69) is 9.83 Å². The highest BCUT2D eigenvalue weighted by molar-refractivity contribution is 5.95. The van der Waals surface area contributed by atoms with Crippen LogP contribution in [0.15, 0.2) is 85.5 Å². The minimum absolute atomic E-state index is 0.0689. The molecule has 1 amide bonds. The van der Waals surface area contributed by atoms with Gasteiger partial charge in [-0.05, 0) is 23.8 Å². The molecule has 3 aromatic carbocycles. The summed E-state index contributed by atoms with van der Waals surface area (Å²) in [6.07, 6.45) is 5.32. The van der Waals surface area contributed by atoms with Gasteiger partial charge in [0, 0.05) is 35.8 Å². The van der Waals surface area contributed by atoms with E-state index in [0.717, 1.165) is 16.8 Å². The first-order chi connectivity index (χ1) is 19.5. The molecule has 0 spiro atoms. The first-order valence-electron chi connectivity index (χ1n) is 12.8. The van der Waals surface area contributed by atoms with Gasteiger partial charge < -0.3 is 18.8 Å². The van der Waals surface area contributed by atoms with Crippen LogP contribution in [0.1, 0.15) is 22.6 Å². The minimum atomic E-state index is -0.361. The number of aromatic nitrogens is 4. The van der Waals surface area contributed by atoms with Gasteiger partial charge in [0.2, 0.25) is 11.6 Å². The number of hydrogen-bond acceptors (Lipinski definition) is 4. The maximum Gasteiger partial charge on any atom is 0.233 e. The number of rotatable bonds is 6. The fraction of sp³-hybridized carbons (Fsp3) is 0.161. The molecule has 0 saturated heterocycles. The van der Waals surface area contributed by atoms with E-state index >= 15 is 4.39 Å². The van der Waals surface area contributed by atoms with Crippen molar-refractivity contribution in [1.29, 1.82) is 0 Å². The molecular weight excluding hydrogens is 507 g/mol. The molecule has 9 heteroatoms. The van der Waals surface area contributed by atoms with E-state index < -0.39 is 0 Å². The summed E-state index contributed by atoms with van der Waals surface area (Å²) in [4.78, 5) is 28.0. The molecule has 2 aromatic heterocycles. The van der Waals surface area contributed by atoms with Crippen LogP contribution in [0.3, 0.4) is 0 Å². The first kappa shape index (κ1) is 25.1. The van der Waals surface area contributed by atoms with E-state index in [9.17, 15) is 4.79 Å². The van der Waals surface area contributed by atoms with Gasteiger partial charge in [-0.25, -0.2) is 19.2 Å². The van der Waals surface area contributed by atoms with E-state index in [1.165, 1.54) is 13.2 Å². The Morgan fingerprint density at radius 3 is 2.75 bits per heavy atom. The fourth-order valence-electron chi connectivity index (χ4n) is 5.04. The number of imidazole rings is 2. The third-order valence-corrected chi connectivity index (χ3v) is 7.09. The summed E-state index contributed by atoms with van der Waals surface area (Å²) in [5.74, 6) is 0.634. The lowest BCUT2D eigenvalue weighted by molar-refractivity contribution is -0.118. The first-order valence-corrected chi connectivity index (χ1v) is 12.8. The van der Waals surface area contributed by atoms with Crippen LogP contribution in [0, 0.1) is 12.4 Å². The summed E-state index contributed by atoms with van der Waals surface area (Å²) >= 11 is 0. The summed E-state index contributed by atoms with van der Waals surface area (Å²) in [5.41, 5.74) is 4.80. The number of fused-ring (bicyclic) bond motifs is 2. The Kier molecular flexibility index (Phi) is 6.58. The maximum absolute atomic E-state index is 15.1. The van der Waals surface area contributed by atoms with E-state index in [1.54, 1.807) is 35.6 Å². The van der Waals surface area contributed by atoms with Gasteiger partial charge in [0.05, 0.1) is 50.9 Å². The monoisotopic (exact) mass is 532 g/mol. The molecule has 0 aliphatic carbocycles. The van der Waals surface area contributed by atoms with Crippen molar-refractivity contribution in [2.45, 2.75) is 26.1 Å². The molecule has 1 aliphatic rings.